The van der Waals surface area contributed by atoms with E-state index in [4.69, 9.17) is 4.74 Å². The Morgan fingerprint density at radius 3 is 2.76 bits per heavy atom. The number of likely N-dealkylation sites (N-methyl/N-ethyl adjacent to an activating group) is 1. The summed E-state index contributed by atoms with van der Waals surface area (Å²) in [6.45, 7) is 0.578. The SMILES string of the molecule is CN1C(=O)OCC1C(=O)NCc1ccccc1. The summed E-state index contributed by atoms with van der Waals surface area (Å²) in [5, 5.41) is 2.78. The van der Waals surface area contributed by atoms with Gasteiger partial charge in [-0.1, -0.05) is 30.3 Å². The van der Waals surface area contributed by atoms with Gasteiger partial charge in [0.05, 0.1) is 0 Å². The Kier molecular flexibility index (Phi) is 3.27. The van der Waals surface area contributed by atoms with E-state index in [9.17, 15) is 9.59 Å². The van der Waals surface area contributed by atoms with Gasteiger partial charge in [-0.05, 0) is 5.56 Å². The lowest BCUT2D eigenvalue weighted by atomic mass is 10.2. The van der Waals surface area contributed by atoms with Crippen LogP contribution in [0.1, 0.15) is 5.56 Å². The highest BCUT2D eigenvalue weighted by Crippen LogP contribution is 2.09. The van der Waals surface area contributed by atoms with Crippen molar-refractivity contribution in [2.45, 2.75) is 12.6 Å². The van der Waals surface area contributed by atoms with Gasteiger partial charge in [-0.2, -0.15) is 0 Å². The molecule has 1 unspecified atom stereocenters. The minimum atomic E-state index is -0.522. The molecule has 90 valence electrons. The zero-order valence-corrected chi connectivity index (χ0v) is 9.55. The molecule has 1 heterocycles. The Morgan fingerprint density at radius 1 is 1.47 bits per heavy atom. The topological polar surface area (TPSA) is 58.6 Å². The van der Waals surface area contributed by atoms with Gasteiger partial charge in [0.1, 0.15) is 12.6 Å². The first-order valence-electron chi connectivity index (χ1n) is 5.39. The van der Waals surface area contributed by atoms with E-state index >= 15 is 0 Å². The van der Waals surface area contributed by atoms with Crippen molar-refractivity contribution >= 4 is 12.0 Å². The molecule has 1 aromatic carbocycles. The summed E-state index contributed by atoms with van der Waals surface area (Å²) in [6, 6.07) is 9.08. The van der Waals surface area contributed by atoms with E-state index < -0.39 is 12.1 Å². The lowest BCUT2D eigenvalue weighted by Gasteiger charge is -2.15. The Labute approximate surface area is 99.4 Å². The number of cyclic esters (lactones) is 1. The normalized spacial score (nSPS) is 19.0. The van der Waals surface area contributed by atoms with Crippen LogP contribution in [0.4, 0.5) is 4.79 Å². The first-order valence-corrected chi connectivity index (χ1v) is 5.39. The summed E-state index contributed by atoms with van der Waals surface area (Å²) in [7, 11) is 1.56. The number of rotatable bonds is 3. The van der Waals surface area contributed by atoms with Crippen molar-refractivity contribution in [3.8, 4) is 0 Å². The van der Waals surface area contributed by atoms with Crippen molar-refractivity contribution in [2.75, 3.05) is 13.7 Å². The van der Waals surface area contributed by atoms with E-state index in [0.29, 0.717) is 6.54 Å². The molecule has 2 amide bonds. The minimum absolute atomic E-state index is 0.121. The molecule has 0 aliphatic carbocycles. The van der Waals surface area contributed by atoms with Crippen molar-refractivity contribution in [3.63, 3.8) is 0 Å². The van der Waals surface area contributed by atoms with Crippen molar-refractivity contribution in [1.82, 2.24) is 10.2 Å². The van der Waals surface area contributed by atoms with E-state index in [0.717, 1.165) is 5.56 Å². The molecular weight excluding hydrogens is 220 g/mol. The van der Waals surface area contributed by atoms with Crippen LogP contribution in [0.3, 0.4) is 0 Å². The van der Waals surface area contributed by atoms with Gasteiger partial charge in [0.25, 0.3) is 0 Å². The average Bonchev–Trinajstić information content (AvgIpc) is 2.69. The molecule has 1 fully saturated rings. The second-order valence-corrected chi connectivity index (χ2v) is 3.91. The van der Waals surface area contributed by atoms with Crippen LogP contribution in [0.5, 0.6) is 0 Å². The molecule has 2 rings (SSSR count). The average molecular weight is 234 g/mol. The molecular formula is C12H14N2O3. The number of ether oxygens (including phenoxy) is 1. The summed E-state index contributed by atoms with van der Waals surface area (Å²) < 4.78 is 4.78. The third-order valence-electron chi connectivity index (χ3n) is 2.73. The number of hydrogen-bond acceptors (Lipinski definition) is 3. The highest BCUT2D eigenvalue weighted by molar-refractivity contribution is 5.87. The van der Waals surface area contributed by atoms with E-state index in [1.807, 2.05) is 30.3 Å². The van der Waals surface area contributed by atoms with Crippen LogP contribution in [0.25, 0.3) is 0 Å². The van der Waals surface area contributed by atoms with Gasteiger partial charge in [-0.3, -0.25) is 9.69 Å². The summed E-state index contributed by atoms with van der Waals surface area (Å²) >= 11 is 0. The molecule has 17 heavy (non-hydrogen) atoms. The molecule has 1 saturated heterocycles. The molecule has 1 N–H and O–H groups in total. The highest BCUT2D eigenvalue weighted by atomic mass is 16.6. The highest BCUT2D eigenvalue weighted by Gasteiger charge is 2.34. The van der Waals surface area contributed by atoms with Crippen LogP contribution in [0, 0.1) is 0 Å². The molecule has 0 bridgehead atoms. The first-order chi connectivity index (χ1) is 8.18. The molecule has 0 spiro atoms. The van der Waals surface area contributed by atoms with Crippen molar-refractivity contribution in [3.05, 3.63) is 35.9 Å². The number of benzene rings is 1. The maximum Gasteiger partial charge on any atom is 0.410 e. The third kappa shape index (κ3) is 2.55. The van der Waals surface area contributed by atoms with E-state index in [-0.39, 0.29) is 12.5 Å². The summed E-state index contributed by atoms with van der Waals surface area (Å²) in [5.74, 6) is -0.192. The molecule has 1 aliphatic heterocycles. The van der Waals surface area contributed by atoms with Crippen LogP contribution in [0.15, 0.2) is 30.3 Å². The minimum Gasteiger partial charge on any atom is -0.447 e. The van der Waals surface area contributed by atoms with Crippen LogP contribution >= 0.6 is 0 Å². The molecule has 0 radical (unpaired) electrons. The monoisotopic (exact) mass is 234 g/mol. The maximum absolute atomic E-state index is 11.8. The maximum atomic E-state index is 11.8. The van der Waals surface area contributed by atoms with E-state index in [2.05, 4.69) is 5.32 Å². The van der Waals surface area contributed by atoms with Crippen molar-refractivity contribution in [2.24, 2.45) is 0 Å². The predicted molar refractivity (Wildman–Crippen MR) is 61.2 cm³/mol. The van der Waals surface area contributed by atoms with Crippen molar-refractivity contribution in [1.29, 1.82) is 0 Å². The molecule has 0 saturated carbocycles. The molecule has 5 heteroatoms. The number of nitrogens with zero attached hydrogens (tertiary/aromatic N) is 1. The molecule has 1 aromatic rings. The Balaban J connectivity index is 1.88. The van der Waals surface area contributed by atoms with Gasteiger partial charge in [0, 0.05) is 13.6 Å². The zero-order chi connectivity index (χ0) is 12.3. The smallest absolute Gasteiger partial charge is 0.410 e. The zero-order valence-electron chi connectivity index (χ0n) is 9.55. The van der Waals surface area contributed by atoms with Gasteiger partial charge in [0.2, 0.25) is 5.91 Å². The van der Waals surface area contributed by atoms with Crippen LogP contribution in [-0.4, -0.2) is 36.6 Å². The fraction of sp³-hybridized carbons (Fsp3) is 0.333. The van der Waals surface area contributed by atoms with Gasteiger partial charge < -0.3 is 10.1 Å². The second-order valence-electron chi connectivity index (χ2n) is 3.91. The third-order valence-corrected chi connectivity index (χ3v) is 2.73. The van der Waals surface area contributed by atoms with Crippen molar-refractivity contribution < 1.29 is 14.3 Å². The number of amides is 2. The number of nitrogens with one attached hydrogen (secondary N) is 1. The van der Waals surface area contributed by atoms with Gasteiger partial charge in [0.15, 0.2) is 0 Å². The van der Waals surface area contributed by atoms with Gasteiger partial charge in [-0.25, -0.2) is 4.79 Å². The number of carbonyl (C=O) groups excluding carboxylic acids is 2. The Bertz CT molecular complexity index is 419. The van der Waals surface area contributed by atoms with E-state index in [1.165, 1.54) is 4.90 Å². The largest absolute Gasteiger partial charge is 0.447 e. The lowest BCUT2D eigenvalue weighted by Crippen LogP contribution is -2.43. The quantitative estimate of drug-likeness (QED) is 0.839. The van der Waals surface area contributed by atoms with Gasteiger partial charge in [-0.15, -0.1) is 0 Å². The van der Waals surface area contributed by atoms with Gasteiger partial charge >= 0.3 is 6.09 Å². The van der Waals surface area contributed by atoms with Crippen LogP contribution in [0.2, 0.25) is 0 Å². The number of hydrogen-bond donors (Lipinski definition) is 1. The number of carbonyl (C=O) groups is 2. The summed E-state index contributed by atoms with van der Waals surface area (Å²) in [5.41, 5.74) is 1.02. The summed E-state index contributed by atoms with van der Waals surface area (Å²) in [4.78, 5) is 24.2. The Hall–Kier alpha value is -2.04. The van der Waals surface area contributed by atoms with Crippen LogP contribution in [-0.2, 0) is 16.1 Å². The first kappa shape index (κ1) is 11.4. The molecule has 0 aromatic heterocycles. The lowest BCUT2D eigenvalue weighted by molar-refractivity contribution is -0.124. The van der Waals surface area contributed by atoms with E-state index in [1.54, 1.807) is 7.05 Å². The second kappa shape index (κ2) is 4.86. The summed E-state index contributed by atoms with van der Waals surface area (Å²) in [6.07, 6.45) is -0.454. The fourth-order valence-electron chi connectivity index (χ4n) is 1.65. The molecule has 1 atom stereocenters. The predicted octanol–water partition coefficient (Wildman–Crippen LogP) is 0.753. The fourth-order valence-corrected chi connectivity index (χ4v) is 1.65. The standard InChI is InChI=1S/C12H14N2O3/c1-14-10(8-17-12(14)16)11(15)13-7-9-5-3-2-4-6-9/h2-6,10H,7-8H2,1H3,(H,13,15). The molecule has 5 nitrogen and oxygen atoms in total. The molecule has 1 aliphatic rings. The van der Waals surface area contributed by atoms with Crippen LogP contribution < -0.4 is 5.32 Å². The Morgan fingerprint density at radius 2 is 2.18 bits per heavy atom.